The van der Waals surface area contributed by atoms with E-state index >= 15 is 0 Å². The molecule has 1 fully saturated rings. The van der Waals surface area contributed by atoms with Crippen molar-refractivity contribution >= 4 is 28.9 Å². The number of hydrogen-bond donors (Lipinski definition) is 1. The molecule has 0 radical (unpaired) electrons. The molecule has 0 bridgehead atoms. The molecule has 1 aromatic rings. The molecule has 1 aromatic carbocycles. The van der Waals surface area contributed by atoms with Crippen molar-refractivity contribution in [3.63, 3.8) is 0 Å². The molecule has 4 heteroatoms. The lowest BCUT2D eigenvalue weighted by molar-refractivity contribution is 0.528. The predicted octanol–water partition coefficient (Wildman–Crippen LogP) is 3.57. The molecule has 0 aliphatic carbocycles. The highest BCUT2D eigenvalue weighted by atomic mass is 35.5. The van der Waals surface area contributed by atoms with Crippen LogP contribution in [0.2, 0.25) is 10.0 Å². The van der Waals surface area contributed by atoms with Crippen LogP contribution in [-0.2, 0) is 0 Å². The third-order valence-corrected chi connectivity index (χ3v) is 3.84. The number of halogens is 2. The van der Waals surface area contributed by atoms with Gasteiger partial charge in [0.25, 0.3) is 0 Å². The highest BCUT2D eigenvalue weighted by Gasteiger charge is 2.20. The van der Waals surface area contributed by atoms with Gasteiger partial charge in [-0.15, -0.1) is 0 Å². The van der Waals surface area contributed by atoms with E-state index in [0.29, 0.717) is 6.04 Å². The van der Waals surface area contributed by atoms with E-state index in [2.05, 4.69) is 17.1 Å². The number of para-hydroxylation sites is 1. The van der Waals surface area contributed by atoms with Crippen molar-refractivity contribution in [3.05, 3.63) is 28.2 Å². The predicted molar refractivity (Wildman–Crippen MR) is 75.4 cm³/mol. The maximum Gasteiger partial charge on any atom is 0.0745 e. The Morgan fingerprint density at radius 1 is 1.35 bits per heavy atom. The summed E-state index contributed by atoms with van der Waals surface area (Å²) in [6.45, 7) is 5.25. The van der Waals surface area contributed by atoms with Crippen LogP contribution in [0.5, 0.6) is 0 Å². The third kappa shape index (κ3) is 3.06. The van der Waals surface area contributed by atoms with Crippen molar-refractivity contribution in [1.29, 1.82) is 0 Å². The summed E-state index contributed by atoms with van der Waals surface area (Å²) < 4.78 is 0. The molecule has 0 spiro atoms. The van der Waals surface area contributed by atoms with Gasteiger partial charge in [-0.3, -0.25) is 0 Å². The summed E-state index contributed by atoms with van der Waals surface area (Å²) in [4.78, 5) is 2.30. The number of nitrogens with one attached hydrogen (secondary N) is 1. The van der Waals surface area contributed by atoms with Crippen LogP contribution in [0.1, 0.15) is 19.8 Å². The Kier molecular flexibility index (Phi) is 4.55. The van der Waals surface area contributed by atoms with E-state index in [1.165, 1.54) is 0 Å². The quantitative estimate of drug-likeness (QED) is 0.886. The lowest BCUT2D eigenvalue weighted by Crippen LogP contribution is -2.37. The molecule has 1 aliphatic heterocycles. The van der Waals surface area contributed by atoms with Crippen molar-refractivity contribution in [3.8, 4) is 0 Å². The average molecular weight is 273 g/mol. The standard InChI is InChI=1S/C13H18Cl2N2/c1-2-10-9-17(8-4-7-16-10)13-11(14)5-3-6-12(13)15/h3,5-6,10,16H,2,4,7-9H2,1H3. The molecule has 2 nitrogen and oxygen atoms in total. The van der Waals surface area contributed by atoms with Crippen molar-refractivity contribution in [2.75, 3.05) is 24.5 Å². The zero-order valence-electron chi connectivity index (χ0n) is 10.0. The van der Waals surface area contributed by atoms with Gasteiger partial charge in [0.15, 0.2) is 0 Å². The van der Waals surface area contributed by atoms with Crippen LogP contribution in [-0.4, -0.2) is 25.7 Å². The summed E-state index contributed by atoms with van der Waals surface area (Å²) in [5.41, 5.74) is 0.984. The minimum Gasteiger partial charge on any atom is -0.368 e. The fraction of sp³-hybridized carbons (Fsp3) is 0.538. The Morgan fingerprint density at radius 3 is 2.71 bits per heavy atom. The molecular weight excluding hydrogens is 255 g/mol. The smallest absolute Gasteiger partial charge is 0.0745 e. The van der Waals surface area contributed by atoms with Gasteiger partial charge < -0.3 is 10.2 Å². The summed E-state index contributed by atoms with van der Waals surface area (Å²) in [6, 6.07) is 6.22. The Hall–Kier alpha value is -0.440. The molecule has 94 valence electrons. The summed E-state index contributed by atoms with van der Waals surface area (Å²) in [6.07, 6.45) is 2.25. The molecule has 17 heavy (non-hydrogen) atoms. The lowest BCUT2D eigenvalue weighted by Gasteiger charge is -2.27. The number of hydrogen-bond acceptors (Lipinski definition) is 2. The van der Waals surface area contributed by atoms with E-state index in [0.717, 1.165) is 48.2 Å². The second kappa shape index (κ2) is 5.94. The second-order valence-corrected chi connectivity index (χ2v) is 5.24. The first kappa shape index (κ1) is 13.0. The molecule has 1 heterocycles. The van der Waals surface area contributed by atoms with Crippen LogP contribution in [0.3, 0.4) is 0 Å². The van der Waals surface area contributed by atoms with Crippen LogP contribution >= 0.6 is 23.2 Å². The minimum absolute atomic E-state index is 0.518. The van der Waals surface area contributed by atoms with Gasteiger partial charge in [-0.05, 0) is 31.5 Å². The van der Waals surface area contributed by atoms with E-state index < -0.39 is 0 Å². The normalized spacial score (nSPS) is 21.4. The van der Waals surface area contributed by atoms with Crippen molar-refractivity contribution in [1.82, 2.24) is 5.32 Å². The first-order valence-corrected chi connectivity index (χ1v) is 6.90. The zero-order chi connectivity index (χ0) is 12.3. The van der Waals surface area contributed by atoms with E-state index in [1.54, 1.807) is 0 Å². The SMILES string of the molecule is CCC1CN(c2c(Cl)cccc2Cl)CCCN1. The van der Waals surface area contributed by atoms with Crippen molar-refractivity contribution < 1.29 is 0 Å². The van der Waals surface area contributed by atoms with Gasteiger partial charge in [0.2, 0.25) is 0 Å². The largest absolute Gasteiger partial charge is 0.368 e. The Morgan fingerprint density at radius 2 is 2.06 bits per heavy atom. The third-order valence-electron chi connectivity index (χ3n) is 3.23. The first-order valence-electron chi connectivity index (χ1n) is 6.14. The molecule has 1 unspecified atom stereocenters. The molecule has 1 N–H and O–H groups in total. The maximum atomic E-state index is 6.26. The minimum atomic E-state index is 0.518. The molecule has 1 saturated heterocycles. The Bertz CT molecular complexity index is 361. The van der Waals surface area contributed by atoms with Gasteiger partial charge in [0, 0.05) is 19.1 Å². The fourth-order valence-electron chi connectivity index (χ4n) is 2.27. The van der Waals surface area contributed by atoms with E-state index in [9.17, 15) is 0 Å². The lowest BCUT2D eigenvalue weighted by atomic mass is 10.2. The highest BCUT2D eigenvalue weighted by molar-refractivity contribution is 6.39. The van der Waals surface area contributed by atoms with Gasteiger partial charge in [-0.1, -0.05) is 36.2 Å². The summed E-state index contributed by atoms with van der Waals surface area (Å²) in [5, 5.41) is 5.03. The van der Waals surface area contributed by atoms with Crippen molar-refractivity contribution in [2.45, 2.75) is 25.8 Å². The van der Waals surface area contributed by atoms with Gasteiger partial charge in [-0.25, -0.2) is 0 Å². The van der Waals surface area contributed by atoms with Crippen LogP contribution in [0.4, 0.5) is 5.69 Å². The van der Waals surface area contributed by atoms with Crippen LogP contribution in [0.25, 0.3) is 0 Å². The van der Waals surface area contributed by atoms with Crippen LogP contribution in [0.15, 0.2) is 18.2 Å². The molecular formula is C13H18Cl2N2. The fourth-order valence-corrected chi connectivity index (χ4v) is 2.90. The summed E-state index contributed by atoms with van der Waals surface area (Å²) in [5.74, 6) is 0. The molecule has 0 aromatic heterocycles. The van der Waals surface area contributed by atoms with E-state index in [1.807, 2.05) is 18.2 Å². The topological polar surface area (TPSA) is 15.3 Å². The Balaban J connectivity index is 2.25. The Labute approximate surface area is 113 Å². The molecule has 0 amide bonds. The van der Waals surface area contributed by atoms with E-state index in [4.69, 9.17) is 23.2 Å². The van der Waals surface area contributed by atoms with Crippen molar-refractivity contribution in [2.24, 2.45) is 0 Å². The molecule has 1 aliphatic rings. The van der Waals surface area contributed by atoms with E-state index in [-0.39, 0.29) is 0 Å². The number of rotatable bonds is 2. The number of nitrogens with zero attached hydrogens (tertiary/aromatic N) is 1. The molecule has 2 rings (SSSR count). The van der Waals surface area contributed by atoms with Gasteiger partial charge in [-0.2, -0.15) is 0 Å². The number of anilines is 1. The van der Waals surface area contributed by atoms with Gasteiger partial charge in [0.05, 0.1) is 15.7 Å². The monoisotopic (exact) mass is 272 g/mol. The highest BCUT2D eigenvalue weighted by Crippen LogP contribution is 2.34. The summed E-state index contributed by atoms with van der Waals surface area (Å²) >= 11 is 12.5. The zero-order valence-corrected chi connectivity index (χ0v) is 11.6. The average Bonchev–Trinajstić information content (AvgIpc) is 2.54. The first-order chi connectivity index (χ1) is 8.22. The maximum absolute atomic E-state index is 6.26. The van der Waals surface area contributed by atoms with Crippen LogP contribution < -0.4 is 10.2 Å². The van der Waals surface area contributed by atoms with Gasteiger partial charge in [0.1, 0.15) is 0 Å². The summed E-state index contributed by atoms with van der Waals surface area (Å²) in [7, 11) is 0. The number of benzene rings is 1. The molecule has 1 atom stereocenters. The van der Waals surface area contributed by atoms with Gasteiger partial charge >= 0.3 is 0 Å². The second-order valence-electron chi connectivity index (χ2n) is 4.43. The molecule has 0 saturated carbocycles. The van der Waals surface area contributed by atoms with Crippen LogP contribution in [0, 0.1) is 0 Å².